The number of imidazole rings is 1. The monoisotopic (exact) mass is 422 g/mol. The minimum atomic E-state index is -0.869. The molecule has 3 rings (SSSR count). The molecule has 1 N–H and O–H groups in total. The second-order valence-electron chi connectivity index (χ2n) is 6.15. The summed E-state index contributed by atoms with van der Waals surface area (Å²) in [7, 11) is 2.96. The third kappa shape index (κ3) is 3.32. The van der Waals surface area contributed by atoms with Crippen LogP contribution in [0.15, 0.2) is 38.6 Å². The molecule has 1 aromatic carbocycles. The summed E-state index contributed by atoms with van der Waals surface area (Å²) in [5, 5.41) is 10.3. The van der Waals surface area contributed by atoms with Crippen molar-refractivity contribution in [1.82, 2.24) is 18.7 Å². The molecule has 0 saturated heterocycles. The zero-order valence-corrected chi connectivity index (χ0v) is 16.2. The minimum absolute atomic E-state index is 0.0572. The van der Waals surface area contributed by atoms with E-state index in [1.165, 1.54) is 11.6 Å². The van der Waals surface area contributed by atoms with E-state index in [9.17, 15) is 14.7 Å². The smallest absolute Gasteiger partial charge is 0.332 e. The highest BCUT2D eigenvalue weighted by Crippen LogP contribution is 2.17. The number of aromatic nitrogens is 4. The fraction of sp³-hybridized carbons (Fsp3) is 0.353. The van der Waals surface area contributed by atoms with Gasteiger partial charge in [0.25, 0.3) is 5.56 Å². The van der Waals surface area contributed by atoms with Crippen molar-refractivity contribution in [3.05, 3.63) is 55.4 Å². The average molecular weight is 423 g/mol. The van der Waals surface area contributed by atoms with Gasteiger partial charge in [0.1, 0.15) is 18.5 Å². The highest BCUT2D eigenvalue weighted by atomic mass is 79.9. The third-order valence-corrected chi connectivity index (χ3v) is 4.73. The maximum atomic E-state index is 12.5. The van der Waals surface area contributed by atoms with Crippen LogP contribution in [0.1, 0.15) is 5.56 Å². The van der Waals surface area contributed by atoms with Crippen LogP contribution in [0.5, 0.6) is 5.75 Å². The largest absolute Gasteiger partial charge is 0.491 e. The molecule has 2 heterocycles. The van der Waals surface area contributed by atoms with Crippen LogP contribution in [0.4, 0.5) is 0 Å². The second-order valence-corrected chi connectivity index (χ2v) is 6.86. The van der Waals surface area contributed by atoms with Gasteiger partial charge in [-0.05, 0) is 40.5 Å². The normalized spacial score (nSPS) is 12.5. The lowest BCUT2D eigenvalue weighted by atomic mass is 10.2. The molecule has 138 valence electrons. The first-order chi connectivity index (χ1) is 12.3. The van der Waals surface area contributed by atoms with E-state index in [4.69, 9.17) is 4.74 Å². The lowest BCUT2D eigenvalue weighted by molar-refractivity contribution is 0.0928. The molecule has 0 aliphatic carbocycles. The summed E-state index contributed by atoms with van der Waals surface area (Å²) < 4.78 is 9.83. The molecule has 3 aromatic rings. The van der Waals surface area contributed by atoms with Gasteiger partial charge in [-0.1, -0.05) is 12.1 Å². The van der Waals surface area contributed by atoms with Crippen LogP contribution >= 0.6 is 15.9 Å². The van der Waals surface area contributed by atoms with E-state index in [1.54, 1.807) is 11.6 Å². The van der Waals surface area contributed by atoms with Crippen LogP contribution in [0.25, 0.3) is 11.2 Å². The van der Waals surface area contributed by atoms with Crippen LogP contribution in [0.3, 0.4) is 0 Å². The Balaban J connectivity index is 1.88. The van der Waals surface area contributed by atoms with Gasteiger partial charge in [-0.25, -0.2) is 9.78 Å². The van der Waals surface area contributed by atoms with Gasteiger partial charge in [0.2, 0.25) is 0 Å². The lowest BCUT2D eigenvalue weighted by Gasteiger charge is -2.14. The number of hydrogen-bond acceptors (Lipinski definition) is 5. The van der Waals surface area contributed by atoms with Gasteiger partial charge >= 0.3 is 5.69 Å². The average Bonchev–Trinajstić information content (AvgIpc) is 2.93. The number of aryl methyl sites for hydroxylation is 2. The molecule has 0 amide bonds. The van der Waals surface area contributed by atoms with Gasteiger partial charge in [0.05, 0.1) is 6.54 Å². The maximum absolute atomic E-state index is 12.5. The highest BCUT2D eigenvalue weighted by Gasteiger charge is 2.20. The van der Waals surface area contributed by atoms with Crippen molar-refractivity contribution in [2.24, 2.45) is 14.1 Å². The van der Waals surface area contributed by atoms with E-state index in [-0.39, 0.29) is 24.3 Å². The fourth-order valence-electron chi connectivity index (χ4n) is 2.75. The molecular formula is C17H19BrN4O4. The molecule has 8 nitrogen and oxygen atoms in total. The predicted molar refractivity (Wildman–Crippen MR) is 101 cm³/mol. The Bertz CT molecular complexity index is 1080. The number of hydrogen-bond donors (Lipinski definition) is 1. The molecule has 1 unspecified atom stereocenters. The predicted octanol–water partition coefficient (Wildman–Crippen LogP) is 0.945. The first kappa shape index (κ1) is 18.4. The first-order valence-corrected chi connectivity index (χ1v) is 8.78. The molecule has 1 atom stereocenters. The first-order valence-electron chi connectivity index (χ1n) is 7.99. The summed E-state index contributed by atoms with van der Waals surface area (Å²) in [6.07, 6.45) is -0.869. The van der Waals surface area contributed by atoms with Crippen molar-refractivity contribution >= 4 is 27.1 Å². The Morgan fingerprint density at radius 1 is 1.27 bits per heavy atom. The maximum Gasteiger partial charge on any atom is 0.332 e. The van der Waals surface area contributed by atoms with E-state index in [1.807, 2.05) is 31.2 Å². The van der Waals surface area contributed by atoms with Crippen molar-refractivity contribution in [2.75, 3.05) is 6.61 Å². The van der Waals surface area contributed by atoms with E-state index in [0.29, 0.717) is 10.5 Å². The summed E-state index contributed by atoms with van der Waals surface area (Å²) in [6.45, 7) is 2.11. The Hall–Kier alpha value is -2.39. The quantitative estimate of drug-likeness (QED) is 0.617. The van der Waals surface area contributed by atoms with Crippen molar-refractivity contribution < 1.29 is 9.84 Å². The highest BCUT2D eigenvalue weighted by molar-refractivity contribution is 9.10. The summed E-state index contributed by atoms with van der Waals surface area (Å²) in [6, 6.07) is 7.52. The number of halogens is 1. The Kier molecular flexibility index (Phi) is 5.01. The molecule has 0 radical (unpaired) electrons. The lowest BCUT2D eigenvalue weighted by Crippen LogP contribution is -2.38. The topological polar surface area (TPSA) is 91.3 Å². The molecule has 0 spiro atoms. The summed E-state index contributed by atoms with van der Waals surface area (Å²) >= 11 is 3.30. The molecular weight excluding hydrogens is 404 g/mol. The number of aliphatic hydroxyl groups excluding tert-OH is 1. The van der Waals surface area contributed by atoms with Crippen LogP contribution in [-0.2, 0) is 20.6 Å². The number of rotatable bonds is 5. The van der Waals surface area contributed by atoms with Gasteiger partial charge in [0, 0.05) is 14.1 Å². The number of ether oxygens (including phenoxy) is 1. The van der Waals surface area contributed by atoms with Crippen molar-refractivity contribution in [3.8, 4) is 5.75 Å². The number of nitrogens with zero attached hydrogens (tertiary/aromatic N) is 4. The number of aliphatic hydroxyl groups is 1. The van der Waals surface area contributed by atoms with Crippen LogP contribution in [-0.4, -0.2) is 36.5 Å². The zero-order valence-electron chi connectivity index (χ0n) is 14.6. The molecule has 26 heavy (non-hydrogen) atoms. The summed E-state index contributed by atoms with van der Waals surface area (Å²) in [5.74, 6) is 0.664. The Morgan fingerprint density at radius 2 is 2.00 bits per heavy atom. The molecule has 0 aliphatic heterocycles. The van der Waals surface area contributed by atoms with Gasteiger partial charge in [0.15, 0.2) is 15.9 Å². The number of benzene rings is 1. The van der Waals surface area contributed by atoms with Crippen LogP contribution in [0.2, 0.25) is 0 Å². The fourth-order valence-corrected chi connectivity index (χ4v) is 3.24. The van der Waals surface area contributed by atoms with E-state index in [0.717, 1.165) is 10.1 Å². The van der Waals surface area contributed by atoms with Crippen LogP contribution in [0, 0.1) is 6.92 Å². The summed E-state index contributed by atoms with van der Waals surface area (Å²) in [4.78, 5) is 28.7. The zero-order chi connectivity index (χ0) is 19.0. The van der Waals surface area contributed by atoms with Crippen molar-refractivity contribution in [1.29, 1.82) is 0 Å². The SMILES string of the molecule is Cc1cccc(OCC(O)Cn2c(Br)nc3c2c(=O)n(C)c(=O)n3C)c1. The van der Waals surface area contributed by atoms with E-state index < -0.39 is 17.4 Å². The van der Waals surface area contributed by atoms with E-state index >= 15 is 0 Å². The summed E-state index contributed by atoms with van der Waals surface area (Å²) in [5.41, 5.74) is 0.647. The van der Waals surface area contributed by atoms with Crippen molar-refractivity contribution in [3.63, 3.8) is 0 Å². The van der Waals surface area contributed by atoms with Gasteiger partial charge in [-0.2, -0.15) is 0 Å². The Morgan fingerprint density at radius 3 is 2.69 bits per heavy atom. The molecule has 2 aromatic heterocycles. The molecule has 0 bridgehead atoms. The Labute approximate surface area is 157 Å². The van der Waals surface area contributed by atoms with Crippen LogP contribution < -0.4 is 16.0 Å². The minimum Gasteiger partial charge on any atom is -0.491 e. The van der Waals surface area contributed by atoms with Gasteiger partial charge in [-0.3, -0.25) is 13.9 Å². The molecule has 0 fully saturated rings. The van der Waals surface area contributed by atoms with E-state index in [2.05, 4.69) is 20.9 Å². The third-order valence-electron chi connectivity index (χ3n) is 4.13. The molecule has 9 heteroatoms. The van der Waals surface area contributed by atoms with Crippen molar-refractivity contribution in [2.45, 2.75) is 19.6 Å². The molecule has 0 aliphatic rings. The van der Waals surface area contributed by atoms with Gasteiger partial charge < -0.3 is 14.4 Å². The van der Waals surface area contributed by atoms with Gasteiger partial charge in [-0.15, -0.1) is 0 Å². The standard InChI is InChI=1S/C17H19BrN4O4/c1-10-5-4-6-12(7-10)26-9-11(23)8-22-13-14(19-16(22)18)20(2)17(25)21(3)15(13)24/h4-7,11,23H,8-9H2,1-3H3. The molecule has 0 saturated carbocycles. The second kappa shape index (κ2) is 7.08. The number of fused-ring (bicyclic) bond motifs is 1.